The molecule has 1 aromatic carbocycles. The highest BCUT2D eigenvalue weighted by Gasteiger charge is 2.11. The first-order chi connectivity index (χ1) is 7.04. The zero-order valence-electron chi connectivity index (χ0n) is 7.57. The molecule has 6 heteroatoms. The summed E-state index contributed by atoms with van der Waals surface area (Å²) in [7, 11) is 0. The molecule has 0 aliphatic carbocycles. The molecule has 0 fully saturated rings. The van der Waals surface area contributed by atoms with Crippen LogP contribution in [0.4, 0.5) is 0 Å². The fourth-order valence-corrected chi connectivity index (χ4v) is 1.07. The minimum absolute atomic E-state index is 0.00120. The number of hydrogen-bond acceptors (Lipinski definition) is 6. The zero-order chi connectivity index (χ0) is 11.4. The number of aliphatic hydroxyl groups excluding tert-OH is 2. The van der Waals surface area contributed by atoms with Crippen LogP contribution >= 0.6 is 0 Å². The quantitative estimate of drug-likeness (QED) is 0.385. The van der Waals surface area contributed by atoms with Gasteiger partial charge in [-0.1, -0.05) is 0 Å². The van der Waals surface area contributed by atoms with Gasteiger partial charge in [0.05, 0.1) is 0 Å². The summed E-state index contributed by atoms with van der Waals surface area (Å²) in [4.78, 5) is 10.1. The van der Waals surface area contributed by atoms with Gasteiger partial charge in [-0.25, -0.2) is 0 Å². The van der Waals surface area contributed by atoms with E-state index in [0.29, 0.717) is 0 Å². The third-order valence-corrected chi connectivity index (χ3v) is 1.73. The van der Waals surface area contributed by atoms with Crippen molar-refractivity contribution in [2.45, 2.75) is 12.6 Å². The molecule has 0 aliphatic rings. The molecule has 82 valence electrons. The number of carbonyl (C=O) groups excluding carboxylic acids is 1. The third-order valence-electron chi connectivity index (χ3n) is 1.73. The smallest absolute Gasteiger partial charge is 0.298 e. The van der Waals surface area contributed by atoms with Crippen molar-refractivity contribution in [2.24, 2.45) is 0 Å². The van der Waals surface area contributed by atoms with Crippen molar-refractivity contribution in [1.29, 1.82) is 0 Å². The predicted octanol–water partition coefficient (Wildman–Crippen LogP) is -0.812. The summed E-state index contributed by atoms with van der Waals surface area (Å²) in [5, 5.41) is 35.5. The van der Waals surface area contributed by atoms with Gasteiger partial charge in [-0.05, 0) is 18.2 Å². The van der Waals surface area contributed by atoms with E-state index in [1.807, 2.05) is 0 Å². The van der Waals surface area contributed by atoms with Crippen LogP contribution in [0.3, 0.4) is 0 Å². The average molecular weight is 214 g/mol. The molecule has 0 unspecified atom stereocenters. The molecule has 0 radical (unpaired) electrons. The highest BCUT2D eigenvalue weighted by atomic mass is 16.5. The van der Waals surface area contributed by atoms with Gasteiger partial charge in [0.2, 0.25) is 0 Å². The second-order valence-corrected chi connectivity index (χ2v) is 2.80. The predicted molar refractivity (Wildman–Crippen MR) is 47.5 cm³/mol. The van der Waals surface area contributed by atoms with E-state index in [2.05, 4.69) is 4.74 Å². The fraction of sp³-hybridized carbons (Fsp3) is 0.222. The van der Waals surface area contributed by atoms with E-state index in [4.69, 9.17) is 20.4 Å². The first kappa shape index (κ1) is 11.6. The van der Waals surface area contributed by atoms with Gasteiger partial charge in [-0.3, -0.25) is 4.79 Å². The molecule has 0 spiro atoms. The summed E-state index contributed by atoms with van der Waals surface area (Å²) in [6.45, 7) is 0.149. The third kappa shape index (κ3) is 3.00. The Balaban J connectivity index is 3.13. The van der Waals surface area contributed by atoms with Gasteiger partial charge < -0.3 is 25.2 Å². The summed E-state index contributed by atoms with van der Waals surface area (Å²) < 4.78 is 4.46. The molecule has 15 heavy (non-hydrogen) atoms. The molecule has 0 saturated carbocycles. The number of rotatable bonds is 4. The Bertz CT molecular complexity index is 320. The summed E-state index contributed by atoms with van der Waals surface area (Å²) in [6, 6.07) is 3.57. The molecule has 0 saturated heterocycles. The molecule has 0 bridgehead atoms. The van der Waals surface area contributed by atoms with Gasteiger partial charge in [0, 0.05) is 11.1 Å². The van der Waals surface area contributed by atoms with Crippen LogP contribution < -0.4 is 4.74 Å². The first-order valence-electron chi connectivity index (χ1n) is 4.02. The topological polar surface area (TPSA) is 107 Å². The molecule has 0 amide bonds. The standard InChI is InChI=1S/C9H10O6/c10-4-15-7-2-5(8(11)12)1-6(3-7)9(13)14/h1-4,8-9,11-14H. The highest BCUT2D eigenvalue weighted by Crippen LogP contribution is 2.23. The van der Waals surface area contributed by atoms with Crippen LogP contribution in [0.15, 0.2) is 18.2 Å². The molecular formula is C9H10O6. The van der Waals surface area contributed by atoms with Crippen molar-refractivity contribution in [1.82, 2.24) is 0 Å². The number of carbonyl (C=O) groups is 1. The molecule has 6 nitrogen and oxygen atoms in total. The molecule has 0 aliphatic heterocycles. The average Bonchev–Trinajstić information content (AvgIpc) is 2.17. The summed E-state index contributed by atoms with van der Waals surface area (Å²) in [5.74, 6) is -0.00120. The largest absolute Gasteiger partial charge is 0.429 e. The van der Waals surface area contributed by atoms with Gasteiger partial charge in [-0.15, -0.1) is 0 Å². The Morgan fingerprint density at radius 2 is 1.47 bits per heavy atom. The monoisotopic (exact) mass is 214 g/mol. The van der Waals surface area contributed by atoms with Gasteiger partial charge in [0.1, 0.15) is 5.75 Å². The Morgan fingerprint density at radius 3 is 1.80 bits per heavy atom. The summed E-state index contributed by atoms with van der Waals surface area (Å²) in [6.07, 6.45) is -3.56. The van der Waals surface area contributed by atoms with Crippen LogP contribution in [0.2, 0.25) is 0 Å². The summed E-state index contributed by atoms with van der Waals surface area (Å²) in [5.41, 5.74) is -0.00472. The molecule has 0 aromatic heterocycles. The minimum atomic E-state index is -1.78. The SMILES string of the molecule is O=COc1cc(C(O)O)cc(C(O)O)c1. The van der Waals surface area contributed by atoms with E-state index >= 15 is 0 Å². The number of ether oxygens (including phenoxy) is 1. The summed E-state index contributed by atoms with van der Waals surface area (Å²) >= 11 is 0. The van der Waals surface area contributed by atoms with Crippen LogP contribution in [-0.2, 0) is 4.79 Å². The maximum Gasteiger partial charge on any atom is 0.298 e. The fourth-order valence-electron chi connectivity index (χ4n) is 1.07. The molecule has 4 N–H and O–H groups in total. The van der Waals surface area contributed by atoms with E-state index in [9.17, 15) is 4.79 Å². The van der Waals surface area contributed by atoms with Gasteiger partial charge in [-0.2, -0.15) is 0 Å². The second kappa shape index (κ2) is 4.85. The van der Waals surface area contributed by atoms with Crippen molar-refractivity contribution in [3.63, 3.8) is 0 Å². The van der Waals surface area contributed by atoms with Gasteiger partial charge >= 0.3 is 0 Å². The van der Waals surface area contributed by atoms with Crippen LogP contribution in [-0.4, -0.2) is 26.9 Å². The zero-order valence-corrected chi connectivity index (χ0v) is 7.57. The van der Waals surface area contributed by atoms with Crippen LogP contribution in [0, 0.1) is 0 Å². The Morgan fingerprint density at radius 1 is 1.00 bits per heavy atom. The first-order valence-corrected chi connectivity index (χ1v) is 4.02. The molecule has 0 atom stereocenters. The second-order valence-electron chi connectivity index (χ2n) is 2.80. The van der Waals surface area contributed by atoms with Crippen molar-refractivity contribution >= 4 is 6.47 Å². The number of aliphatic hydroxyl groups is 4. The number of benzene rings is 1. The normalized spacial score (nSPS) is 10.8. The van der Waals surface area contributed by atoms with Crippen molar-refractivity contribution in [2.75, 3.05) is 0 Å². The molecule has 1 aromatic rings. The van der Waals surface area contributed by atoms with E-state index in [-0.39, 0.29) is 23.3 Å². The van der Waals surface area contributed by atoms with E-state index in [0.717, 1.165) is 0 Å². The van der Waals surface area contributed by atoms with Crippen LogP contribution in [0.1, 0.15) is 23.7 Å². The molecule has 1 rings (SSSR count). The van der Waals surface area contributed by atoms with Crippen LogP contribution in [0.5, 0.6) is 5.75 Å². The lowest BCUT2D eigenvalue weighted by molar-refractivity contribution is -0.120. The van der Waals surface area contributed by atoms with Crippen molar-refractivity contribution < 1.29 is 30.0 Å². The highest BCUT2D eigenvalue weighted by molar-refractivity contribution is 5.47. The van der Waals surface area contributed by atoms with E-state index < -0.39 is 12.6 Å². The molecule has 0 heterocycles. The lowest BCUT2D eigenvalue weighted by Crippen LogP contribution is -2.02. The van der Waals surface area contributed by atoms with Crippen molar-refractivity contribution in [3.8, 4) is 5.75 Å². The van der Waals surface area contributed by atoms with Crippen molar-refractivity contribution in [3.05, 3.63) is 29.3 Å². The minimum Gasteiger partial charge on any atom is -0.429 e. The Hall–Kier alpha value is -1.47. The van der Waals surface area contributed by atoms with Gasteiger partial charge in [0.15, 0.2) is 12.6 Å². The maximum absolute atomic E-state index is 10.1. The maximum atomic E-state index is 10.1. The Kier molecular flexibility index (Phi) is 3.75. The van der Waals surface area contributed by atoms with E-state index in [1.165, 1.54) is 18.2 Å². The van der Waals surface area contributed by atoms with Crippen LogP contribution in [0.25, 0.3) is 0 Å². The number of hydrogen-bond donors (Lipinski definition) is 4. The molecular weight excluding hydrogens is 204 g/mol. The lowest BCUT2D eigenvalue weighted by Gasteiger charge is -2.10. The Labute approximate surface area is 85.0 Å². The van der Waals surface area contributed by atoms with E-state index in [1.54, 1.807) is 0 Å². The van der Waals surface area contributed by atoms with Gasteiger partial charge in [0.25, 0.3) is 6.47 Å². The lowest BCUT2D eigenvalue weighted by atomic mass is 10.1.